The molecule has 0 saturated carbocycles. The Labute approximate surface area is 141 Å². The third kappa shape index (κ3) is 3.60. The highest BCUT2D eigenvalue weighted by atomic mass is 16.6. The minimum atomic E-state index is -0.571. The Kier molecular flexibility index (Phi) is 4.34. The molecule has 2 aliphatic heterocycles. The lowest BCUT2D eigenvalue weighted by Crippen LogP contribution is -2.60. The van der Waals surface area contributed by atoms with E-state index in [1.165, 1.54) is 0 Å². The van der Waals surface area contributed by atoms with E-state index in [4.69, 9.17) is 9.47 Å². The van der Waals surface area contributed by atoms with Crippen LogP contribution < -0.4 is 5.32 Å². The van der Waals surface area contributed by atoms with Crippen LogP contribution in [-0.2, 0) is 15.9 Å². The summed E-state index contributed by atoms with van der Waals surface area (Å²) in [6.45, 7) is 6.01. The number of ether oxygens (including phenoxy) is 2. The zero-order valence-electron chi connectivity index (χ0n) is 14.2. The van der Waals surface area contributed by atoms with Gasteiger partial charge in [-0.25, -0.2) is 9.59 Å². The number of nitrogens with zero attached hydrogens (tertiary/aromatic N) is 2. The number of carbonyl (C=O) groups is 2. The third-order valence-corrected chi connectivity index (χ3v) is 4.19. The van der Waals surface area contributed by atoms with Gasteiger partial charge in [0.25, 0.3) is 0 Å². The second-order valence-electron chi connectivity index (χ2n) is 7.17. The monoisotopic (exact) mass is 333 g/mol. The van der Waals surface area contributed by atoms with Gasteiger partial charge in [-0.15, -0.1) is 0 Å². The zero-order chi connectivity index (χ0) is 17.3. The number of likely N-dealkylation sites (tertiary alicyclic amines) is 1. The summed E-state index contributed by atoms with van der Waals surface area (Å²) in [4.78, 5) is 30.3. The minimum Gasteiger partial charge on any atom is -0.444 e. The van der Waals surface area contributed by atoms with Crippen molar-refractivity contribution in [2.75, 3.05) is 6.54 Å². The van der Waals surface area contributed by atoms with Crippen molar-refractivity contribution >= 4 is 12.2 Å². The van der Waals surface area contributed by atoms with Gasteiger partial charge in [0.1, 0.15) is 11.7 Å². The molecule has 0 spiro atoms. The average Bonchev–Trinajstić information content (AvgIpc) is 2.87. The SMILES string of the molecule is CC(C)(C)OC(=O)N1CCC2OC(=O)NC2C1Cc1ccccn1. The summed E-state index contributed by atoms with van der Waals surface area (Å²) >= 11 is 0. The molecule has 0 aromatic carbocycles. The van der Waals surface area contributed by atoms with Gasteiger partial charge in [-0.2, -0.15) is 0 Å². The number of nitrogens with one attached hydrogen (secondary N) is 1. The molecule has 130 valence electrons. The largest absolute Gasteiger partial charge is 0.444 e. The quantitative estimate of drug-likeness (QED) is 0.896. The molecule has 3 heterocycles. The fourth-order valence-corrected chi connectivity index (χ4v) is 3.20. The van der Waals surface area contributed by atoms with Crippen LogP contribution >= 0.6 is 0 Å². The first kappa shape index (κ1) is 16.5. The molecule has 3 rings (SSSR count). The van der Waals surface area contributed by atoms with Crippen molar-refractivity contribution < 1.29 is 19.1 Å². The topological polar surface area (TPSA) is 80.8 Å². The highest BCUT2D eigenvalue weighted by molar-refractivity contribution is 5.72. The number of alkyl carbamates (subject to hydrolysis) is 1. The van der Waals surface area contributed by atoms with Gasteiger partial charge in [0.2, 0.25) is 0 Å². The molecule has 2 aliphatic rings. The standard InChI is InChI=1S/C17H23N3O4/c1-17(2,3)24-16(22)20-9-7-13-14(19-15(21)23-13)12(20)10-11-6-4-5-8-18-11/h4-6,8,12-14H,7,9-10H2,1-3H3,(H,19,21). The number of hydrogen-bond acceptors (Lipinski definition) is 5. The first-order valence-corrected chi connectivity index (χ1v) is 8.20. The van der Waals surface area contributed by atoms with Crippen molar-refractivity contribution in [3.8, 4) is 0 Å². The molecule has 24 heavy (non-hydrogen) atoms. The van der Waals surface area contributed by atoms with Gasteiger partial charge in [-0.1, -0.05) is 6.07 Å². The molecule has 0 bridgehead atoms. The summed E-state index contributed by atoms with van der Waals surface area (Å²) in [7, 11) is 0. The Morgan fingerprint density at radius 3 is 2.92 bits per heavy atom. The van der Waals surface area contributed by atoms with Crippen LogP contribution in [0.5, 0.6) is 0 Å². The lowest BCUT2D eigenvalue weighted by molar-refractivity contribution is -0.00764. The van der Waals surface area contributed by atoms with Crippen LogP contribution in [0.2, 0.25) is 0 Å². The van der Waals surface area contributed by atoms with E-state index < -0.39 is 11.7 Å². The molecule has 3 unspecified atom stereocenters. The van der Waals surface area contributed by atoms with E-state index in [-0.39, 0.29) is 24.3 Å². The normalized spacial score (nSPS) is 26.4. The Morgan fingerprint density at radius 1 is 1.46 bits per heavy atom. The zero-order valence-corrected chi connectivity index (χ0v) is 14.2. The summed E-state index contributed by atoms with van der Waals surface area (Å²) in [6, 6.07) is 5.17. The molecule has 7 nitrogen and oxygen atoms in total. The van der Waals surface area contributed by atoms with Crippen molar-refractivity contribution in [1.29, 1.82) is 0 Å². The number of fused-ring (bicyclic) bond motifs is 1. The molecule has 0 radical (unpaired) electrons. The first-order chi connectivity index (χ1) is 11.3. The van der Waals surface area contributed by atoms with Gasteiger partial charge in [0.05, 0.1) is 12.1 Å². The van der Waals surface area contributed by atoms with Crippen molar-refractivity contribution in [2.24, 2.45) is 0 Å². The van der Waals surface area contributed by atoms with Gasteiger partial charge in [-0.05, 0) is 32.9 Å². The predicted octanol–water partition coefficient (Wildman–Crippen LogP) is 2.11. The van der Waals surface area contributed by atoms with E-state index in [0.29, 0.717) is 19.4 Å². The van der Waals surface area contributed by atoms with Crippen LogP contribution in [0.1, 0.15) is 32.9 Å². The maximum atomic E-state index is 12.6. The molecular formula is C17H23N3O4. The van der Waals surface area contributed by atoms with Crippen molar-refractivity contribution in [3.63, 3.8) is 0 Å². The minimum absolute atomic E-state index is 0.218. The van der Waals surface area contributed by atoms with E-state index in [0.717, 1.165) is 5.69 Å². The summed E-state index contributed by atoms with van der Waals surface area (Å²) in [5.41, 5.74) is 0.289. The molecule has 2 fully saturated rings. The first-order valence-electron chi connectivity index (χ1n) is 8.20. The number of aromatic nitrogens is 1. The Bertz CT molecular complexity index is 614. The summed E-state index contributed by atoms with van der Waals surface area (Å²) in [6.07, 6.45) is 1.83. The Morgan fingerprint density at radius 2 is 2.25 bits per heavy atom. The number of pyridine rings is 1. The van der Waals surface area contributed by atoms with Crippen LogP contribution in [0.15, 0.2) is 24.4 Å². The fraction of sp³-hybridized carbons (Fsp3) is 0.588. The highest BCUT2D eigenvalue weighted by Gasteiger charge is 2.47. The molecule has 1 aromatic rings. The molecule has 3 atom stereocenters. The number of amides is 2. The summed E-state index contributed by atoms with van der Waals surface area (Å²) < 4.78 is 10.8. The van der Waals surface area contributed by atoms with Gasteiger partial charge in [0, 0.05) is 31.3 Å². The van der Waals surface area contributed by atoms with Gasteiger partial charge >= 0.3 is 12.2 Å². The molecular weight excluding hydrogens is 310 g/mol. The van der Waals surface area contributed by atoms with Crippen LogP contribution in [0.25, 0.3) is 0 Å². The van der Waals surface area contributed by atoms with Crippen molar-refractivity contribution in [3.05, 3.63) is 30.1 Å². The van der Waals surface area contributed by atoms with Gasteiger partial charge in [0.15, 0.2) is 0 Å². The average molecular weight is 333 g/mol. The lowest BCUT2D eigenvalue weighted by Gasteiger charge is -2.41. The number of hydrogen-bond donors (Lipinski definition) is 1. The molecule has 0 aliphatic carbocycles. The summed E-state index contributed by atoms with van der Waals surface area (Å²) in [5, 5.41) is 2.84. The summed E-state index contributed by atoms with van der Waals surface area (Å²) in [5.74, 6) is 0. The highest BCUT2D eigenvalue weighted by Crippen LogP contribution is 2.28. The fourth-order valence-electron chi connectivity index (χ4n) is 3.20. The second-order valence-corrected chi connectivity index (χ2v) is 7.17. The molecule has 1 N–H and O–H groups in total. The van der Waals surface area contributed by atoms with Crippen LogP contribution in [-0.4, -0.2) is 52.4 Å². The van der Waals surface area contributed by atoms with Crippen LogP contribution in [0.4, 0.5) is 9.59 Å². The number of rotatable bonds is 2. The van der Waals surface area contributed by atoms with E-state index in [2.05, 4.69) is 10.3 Å². The van der Waals surface area contributed by atoms with Crippen LogP contribution in [0, 0.1) is 0 Å². The second kappa shape index (κ2) is 6.30. The van der Waals surface area contributed by atoms with Crippen LogP contribution in [0.3, 0.4) is 0 Å². The van der Waals surface area contributed by atoms with E-state index in [1.54, 1.807) is 11.1 Å². The molecule has 2 saturated heterocycles. The molecule has 2 amide bonds. The molecule has 1 aromatic heterocycles. The molecule has 7 heteroatoms. The van der Waals surface area contributed by atoms with Gasteiger partial charge in [-0.3, -0.25) is 4.98 Å². The smallest absolute Gasteiger partial charge is 0.410 e. The van der Waals surface area contributed by atoms with E-state index in [9.17, 15) is 9.59 Å². The Hall–Kier alpha value is -2.31. The van der Waals surface area contributed by atoms with E-state index >= 15 is 0 Å². The van der Waals surface area contributed by atoms with Crippen molar-refractivity contribution in [1.82, 2.24) is 15.2 Å². The maximum absolute atomic E-state index is 12.6. The Balaban J connectivity index is 1.83. The lowest BCUT2D eigenvalue weighted by atomic mass is 9.91. The number of piperidine rings is 1. The number of carbonyl (C=O) groups excluding carboxylic acids is 2. The third-order valence-electron chi connectivity index (χ3n) is 4.19. The van der Waals surface area contributed by atoms with Gasteiger partial charge < -0.3 is 19.7 Å². The van der Waals surface area contributed by atoms with Crippen molar-refractivity contribution in [2.45, 2.75) is 57.4 Å². The van der Waals surface area contributed by atoms with E-state index in [1.807, 2.05) is 39.0 Å². The maximum Gasteiger partial charge on any atom is 0.410 e. The predicted molar refractivity (Wildman–Crippen MR) is 86.5 cm³/mol.